The summed E-state index contributed by atoms with van der Waals surface area (Å²) in [7, 11) is 1.47. The summed E-state index contributed by atoms with van der Waals surface area (Å²) in [5, 5.41) is 1.91. The molecule has 2 heterocycles. The number of halogens is 4. The van der Waals surface area contributed by atoms with E-state index in [0.717, 1.165) is 16.7 Å². The van der Waals surface area contributed by atoms with E-state index in [9.17, 15) is 13.2 Å². The van der Waals surface area contributed by atoms with Gasteiger partial charge < -0.3 is 4.74 Å². The molecule has 0 atom stereocenters. The average molecular weight is 388 g/mol. The van der Waals surface area contributed by atoms with Gasteiger partial charge in [0.1, 0.15) is 11.2 Å². The number of thiazole rings is 1. The fourth-order valence-corrected chi connectivity index (χ4v) is 3.50. The minimum Gasteiger partial charge on any atom is -0.493 e. The number of alkyl halides is 3. The minimum absolute atomic E-state index is 0.272. The highest BCUT2D eigenvalue weighted by atomic mass is 79.9. The number of methoxy groups -OCH3 is 1. The lowest BCUT2D eigenvalue weighted by atomic mass is 10.1. The summed E-state index contributed by atoms with van der Waals surface area (Å²) in [5.74, 6) is 0.382. The minimum atomic E-state index is -4.46. The first kappa shape index (κ1) is 15.2. The van der Waals surface area contributed by atoms with E-state index in [1.54, 1.807) is 18.2 Å². The summed E-state index contributed by atoms with van der Waals surface area (Å²) >= 11 is 4.33. The maximum atomic E-state index is 12.7. The summed E-state index contributed by atoms with van der Waals surface area (Å²) in [6, 6.07) is 5.16. The van der Waals surface area contributed by atoms with Crippen LogP contribution in [0.3, 0.4) is 0 Å². The quantitative estimate of drug-likeness (QED) is 0.623. The predicted octanol–water partition coefficient (Wildman–Crippen LogP) is 4.95. The van der Waals surface area contributed by atoms with Crippen LogP contribution in [0.1, 0.15) is 5.69 Å². The second-order valence-electron chi connectivity index (χ2n) is 4.31. The maximum Gasteiger partial charge on any atom is 0.434 e. The molecular formula is C14H7BrF3N2OS. The van der Waals surface area contributed by atoms with Crippen LogP contribution in [0.4, 0.5) is 13.2 Å². The molecule has 1 radical (unpaired) electrons. The van der Waals surface area contributed by atoms with Crippen molar-refractivity contribution in [2.24, 2.45) is 0 Å². The van der Waals surface area contributed by atoms with Crippen LogP contribution >= 0.6 is 27.3 Å². The van der Waals surface area contributed by atoms with Crippen LogP contribution in [0.15, 0.2) is 28.1 Å². The van der Waals surface area contributed by atoms with E-state index in [1.807, 2.05) is 0 Å². The highest BCUT2D eigenvalue weighted by Gasteiger charge is 2.34. The second-order valence-corrected chi connectivity index (χ2v) is 5.96. The third kappa shape index (κ3) is 2.56. The zero-order valence-electron chi connectivity index (χ0n) is 11.0. The molecule has 113 valence electrons. The molecule has 0 bridgehead atoms. The Morgan fingerprint density at radius 3 is 2.73 bits per heavy atom. The molecule has 0 fully saturated rings. The third-order valence-electron chi connectivity index (χ3n) is 2.97. The van der Waals surface area contributed by atoms with Gasteiger partial charge in [0.05, 0.1) is 17.1 Å². The summed E-state index contributed by atoms with van der Waals surface area (Å²) in [6.07, 6.45) is -1.74. The first-order valence-electron chi connectivity index (χ1n) is 5.99. The first-order chi connectivity index (χ1) is 10.4. The Kier molecular flexibility index (Phi) is 3.82. The second kappa shape index (κ2) is 5.51. The molecule has 0 N–H and O–H groups in total. The van der Waals surface area contributed by atoms with Crippen molar-refractivity contribution in [2.75, 3.05) is 7.11 Å². The monoisotopic (exact) mass is 387 g/mol. The van der Waals surface area contributed by atoms with Crippen LogP contribution in [-0.2, 0) is 6.18 Å². The summed E-state index contributed by atoms with van der Waals surface area (Å²) in [6.45, 7) is 0. The molecule has 3 rings (SSSR count). The van der Waals surface area contributed by atoms with Crippen molar-refractivity contribution in [1.82, 2.24) is 9.97 Å². The van der Waals surface area contributed by atoms with Crippen molar-refractivity contribution in [1.29, 1.82) is 0 Å². The lowest BCUT2D eigenvalue weighted by molar-refractivity contribution is -0.140. The van der Waals surface area contributed by atoms with E-state index in [4.69, 9.17) is 4.74 Å². The zero-order chi connectivity index (χ0) is 15.9. The van der Waals surface area contributed by atoms with Crippen LogP contribution in [0.25, 0.3) is 21.5 Å². The van der Waals surface area contributed by atoms with Crippen molar-refractivity contribution in [3.63, 3.8) is 0 Å². The summed E-state index contributed by atoms with van der Waals surface area (Å²) in [4.78, 5) is 7.82. The molecule has 0 amide bonds. The van der Waals surface area contributed by atoms with Crippen molar-refractivity contribution in [3.05, 3.63) is 39.9 Å². The van der Waals surface area contributed by atoms with Crippen molar-refractivity contribution >= 4 is 38.2 Å². The fraction of sp³-hybridized carbons (Fsp3) is 0.143. The molecule has 8 heteroatoms. The molecule has 0 spiro atoms. The molecule has 2 aromatic heterocycles. The number of rotatable bonds is 2. The smallest absolute Gasteiger partial charge is 0.434 e. The lowest BCUT2D eigenvalue weighted by Gasteiger charge is -2.09. The Labute approximate surface area is 135 Å². The highest BCUT2D eigenvalue weighted by Crippen LogP contribution is 2.40. The molecule has 0 aliphatic heterocycles. The van der Waals surface area contributed by atoms with Crippen molar-refractivity contribution in [2.45, 2.75) is 6.18 Å². The average Bonchev–Trinajstić information content (AvgIpc) is 2.97. The zero-order valence-corrected chi connectivity index (χ0v) is 13.4. The van der Waals surface area contributed by atoms with E-state index < -0.39 is 11.9 Å². The Morgan fingerprint density at radius 2 is 2.09 bits per heavy atom. The molecule has 0 saturated carbocycles. The van der Waals surface area contributed by atoms with Crippen LogP contribution < -0.4 is 4.74 Å². The number of benzene rings is 1. The Hall–Kier alpha value is -1.67. The van der Waals surface area contributed by atoms with Crippen LogP contribution in [-0.4, -0.2) is 17.1 Å². The van der Waals surface area contributed by atoms with Crippen LogP contribution in [0.2, 0.25) is 0 Å². The Bertz CT molecular complexity index is 848. The van der Waals surface area contributed by atoms with Crippen molar-refractivity contribution < 1.29 is 17.9 Å². The van der Waals surface area contributed by atoms with E-state index >= 15 is 0 Å². The van der Waals surface area contributed by atoms with E-state index in [-0.39, 0.29) is 5.01 Å². The maximum absolute atomic E-state index is 12.7. The van der Waals surface area contributed by atoms with Gasteiger partial charge in [-0.25, -0.2) is 9.97 Å². The number of fused-ring (bicyclic) bond motifs is 1. The fourth-order valence-electron chi connectivity index (χ4n) is 1.98. The van der Waals surface area contributed by atoms with Gasteiger partial charge in [-0.3, -0.25) is 0 Å². The highest BCUT2D eigenvalue weighted by molar-refractivity contribution is 9.10. The van der Waals surface area contributed by atoms with Gasteiger partial charge in [0.25, 0.3) is 0 Å². The molecule has 22 heavy (non-hydrogen) atoms. The van der Waals surface area contributed by atoms with Crippen molar-refractivity contribution in [3.8, 4) is 16.3 Å². The first-order valence-corrected chi connectivity index (χ1v) is 7.66. The third-order valence-corrected chi connectivity index (χ3v) is 4.60. The standard InChI is InChI=1S/C14H7BrF3N2OS/c1-21-9-5-19-8-4-2-3-7(11(8)12(9)15)13-20-10(6-22-13)14(16,17)18/h2-4,6H,1H3. The van der Waals surface area contributed by atoms with Gasteiger partial charge in [-0.05, 0) is 22.0 Å². The molecule has 3 nitrogen and oxygen atoms in total. The number of aromatic nitrogens is 2. The van der Waals surface area contributed by atoms with Crippen LogP contribution in [0, 0.1) is 6.20 Å². The lowest BCUT2D eigenvalue weighted by Crippen LogP contribution is -2.04. The Balaban J connectivity index is 2.25. The molecule has 1 aromatic carbocycles. The summed E-state index contributed by atoms with van der Waals surface area (Å²) in [5.41, 5.74) is 0.252. The normalized spacial score (nSPS) is 11.9. The van der Waals surface area contributed by atoms with Gasteiger partial charge in [0.2, 0.25) is 0 Å². The Morgan fingerprint density at radius 1 is 1.32 bits per heavy atom. The largest absolute Gasteiger partial charge is 0.493 e. The molecule has 0 unspecified atom stereocenters. The predicted molar refractivity (Wildman–Crippen MR) is 80.9 cm³/mol. The van der Waals surface area contributed by atoms with Gasteiger partial charge in [-0.1, -0.05) is 12.1 Å². The van der Waals surface area contributed by atoms with E-state index in [2.05, 4.69) is 32.1 Å². The number of hydrogen-bond acceptors (Lipinski definition) is 4. The molecule has 0 saturated heterocycles. The van der Waals surface area contributed by atoms with Crippen LogP contribution in [0.5, 0.6) is 5.75 Å². The molecule has 0 aliphatic carbocycles. The van der Waals surface area contributed by atoms with E-state index in [1.165, 1.54) is 7.11 Å². The SMILES string of the molecule is COc1[c]nc2cccc(-c3nc(C(F)(F)F)cs3)c2c1Br. The van der Waals surface area contributed by atoms with E-state index in [0.29, 0.717) is 26.7 Å². The van der Waals surface area contributed by atoms with Gasteiger partial charge in [0, 0.05) is 16.3 Å². The number of hydrogen-bond donors (Lipinski definition) is 0. The topological polar surface area (TPSA) is 35.0 Å². The van der Waals surface area contributed by atoms with Gasteiger partial charge in [-0.2, -0.15) is 13.2 Å². The molecule has 3 aromatic rings. The number of ether oxygens (including phenoxy) is 1. The summed E-state index contributed by atoms with van der Waals surface area (Å²) < 4.78 is 43.9. The number of nitrogens with zero attached hydrogens (tertiary/aromatic N) is 2. The van der Waals surface area contributed by atoms with Gasteiger partial charge in [-0.15, -0.1) is 11.3 Å². The van der Waals surface area contributed by atoms with Gasteiger partial charge >= 0.3 is 6.18 Å². The van der Waals surface area contributed by atoms with Gasteiger partial charge in [0.15, 0.2) is 11.4 Å². The number of pyridine rings is 1. The molecular weight excluding hydrogens is 381 g/mol. The molecule has 0 aliphatic rings.